The molecule has 1 aromatic heterocycles. The largest absolute Gasteiger partial charge is 0.364 e. The van der Waals surface area contributed by atoms with Crippen molar-refractivity contribution >= 4 is 40.0 Å². The topological polar surface area (TPSA) is 94.3 Å². The van der Waals surface area contributed by atoms with Gasteiger partial charge in [0, 0.05) is 51.4 Å². The van der Waals surface area contributed by atoms with Gasteiger partial charge in [0.1, 0.15) is 12.0 Å². The second kappa shape index (κ2) is 11.3. The van der Waals surface area contributed by atoms with Gasteiger partial charge in [-0.25, -0.2) is 8.42 Å². The minimum Gasteiger partial charge on any atom is -0.364 e. The van der Waals surface area contributed by atoms with Gasteiger partial charge in [0.25, 0.3) is 0 Å². The molecule has 2 aliphatic rings. The van der Waals surface area contributed by atoms with Crippen LogP contribution in [0.5, 0.6) is 0 Å². The van der Waals surface area contributed by atoms with Crippen LogP contribution in [0.2, 0.25) is 0 Å². The number of aliphatic imine (C=N–C) groups is 1. The van der Waals surface area contributed by atoms with Crippen molar-refractivity contribution in [1.29, 1.82) is 0 Å². The Balaban J connectivity index is 0.00000341. The summed E-state index contributed by atoms with van der Waals surface area (Å²) in [7, 11) is 2.73. The van der Waals surface area contributed by atoms with Crippen LogP contribution in [0.4, 0.5) is 0 Å². The van der Waals surface area contributed by atoms with E-state index in [1.807, 2.05) is 0 Å². The number of nitrogens with one attached hydrogen (secondary N) is 1. The molecule has 0 amide bonds. The van der Waals surface area contributed by atoms with E-state index in [4.69, 9.17) is 4.52 Å². The fraction of sp³-hybridized carbons (Fsp3) is 0.800. The average molecular weight is 569 g/mol. The third-order valence-electron chi connectivity index (χ3n) is 6.56. The number of sulfonamides is 1. The van der Waals surface area contributed by atoms with Crippen LogP contribution in [0.1, 0.15) is 38.3 Å². The van der Waals surface area contributed by atoms with Crippen LogP contribution >= 0.6 is 24.0 Å². The lowest BCUT2D eigenvalue weighted by atomic mass is 9.75. The number of rotatable bonds is 6. The monoisotopic (exact) mass is 568 g/mol. The second-order valence-electron chi connectivity index (χ2n) is 8.85. The van der Waals surface area contributed by atoms with E-state index >= 15 is 0 Å². The Morgan fingerprint density at radius 1 is 1.35 bits per heavy atom. The van der Waals surface area contributed by atoms with Gasteiger partial charge >= 0.3 is 0 Å². The first-order chi connectivity index (χ1) is 14.3. The van der Waals surface area contributed by atoms with Gasteiger partial charge < -0.3 is 19.6 Å². The summed E-state index contributed by atoms with van der Waals surface area (Å²) >= 11 is 0. The molecule has 0 spiro atoms. The predicted molar refractivity (Wildman–Crippen MR) is 133 cm³/mol. The van der Waals surface area contributed by atoms with E-state index < -0.39 is 10.0 Å². The number of halogens is 1. The van der Waals surface area contributed by atoms with Crippen molar-refractivity contribution in [3.05, 3.63) is 18.0 Å². The third kappa shape index (κ3) is 6.55. The number of hydrogen-bond acceptors (Lipinski definition) is 6. The molecule has 178 valence electrons. The molecule has 0 bridgehead atoms. The summed E-state index contributed by atoms with van der Waals surface area (Å²) in [5, 5.41) is 7.31. The number of piperazine rings is 1. The minimum absolute atomic E-state index is 0. The van der Waals surface area contributed by atoms with Gasteiger partial charge in [0.05, 0.1) is 5.69 Å². The molecule has 1 aliphatic carbocycles. The lowest BCUT2D eigenvalue weighted by molar-refractivity contribution is 0.0786. The van der Waals surface area contributed by atoms with Crippen molar-refractivity contribution in [2.24, 2.45) is 10.9 Å². The van der Waals surface area contributed by atoms with Gasteiger partial charge in [-0.2, -0.15) is 4.31 Å². The van der Waals surface area contributed by atoms with E-state index in [1.54, 1.807) is 13.1 Å². The molecule has 1 aromatic rings. The van der Waals surface area contributed by atoms with Crippen LogP contribution in [-0.4, -0.2) is 93.0 Å². The van der Waals surface area contributed by atoms with Gasteiger partial charge in [-0.15, -0.1) is 24.0 Å². The molecule has 2 fully saturated rings. The lowest BCUT2D eigenvalue weighted by Gasteiger charge is -2.46. The van der Waals surface area contributed by atoms with Crippen molar-refractivity contribution in [3.63, 3.8) is 0 Å². The quantitative estimate of drug-likeness (QED) is 0.318. The SMILES string of the molecule is CN=C(NCC1(N(C)C)CCCC(C)C1)N1CCN(S(=O)(=O)Cc2ccon2)CC1.I. The normalized spacial score (nSPS) is 26.0. The number of nitrogens with zero attached hydrogens (tertiary/aromatic N) is 5. The molecule has 2 atom stereocenters. The molecule has 0 aromatic carbocycles. The van der Waals surface area contributed by atoms with E-state index in [2.05, 4.69) is 46.3 Å². The van der Waals surface area contributed by atoms with Gasteiger partial charge in [-0.3, -0.25) is 4.99 Å². The number of hydrogen-bond donors (Lipinski definition) is 1. The third-order valence-corrected chi connectivity index (χ3v) is 8.37. The van der Waals surface area contributed by atoms with Crippen LogP contribution in [-0.2, 0) is 15.8 Å². The van der Waals surface area contributed by atoms with E-state index in [-0.39, 0.29) is 35.3 Å². The van der Waals surface area contributed by atoms with E-state index in [0.29, 0.717) is 31.9 Å². The highest BCUT2D eigenvalue weighted by atomic mass is 127. The highest BCUT2D eigenvalue weighted by Crippen LogP contribution is 2.35. The molecule has 0 radical (unpaired) electrons. The molecular formula is C20H37IN6O3S. The summed E-state index contributed by atoms with van der Waals surface area (Å²) in [5.74, 6) is 1.45. The Morgan fingerprint density at radius 3 is 2.61 bits per heavy atom. The van der Waals surface area contributed by atoms with Crippen LogP contribution < -0.4 is 5.32 Å². The summed E-state index contributed by atoms with van der Waals surface area (Å²) < 4.78 is 31.6. The maximum absolute atomic E-state index is 12.7. The fourth-order valence-electron chi connectivity index (χ4n) is 4.70. The molecule has 9 nitrogen and oxygen atoms in total. The highest BCUT2D eigenvalue weighted by molar-refractivity contribution is 14.0. The predicted octanol–water partition coefficient (Wildman–Crippen LogP) is 1.83. The van der Waals surface area contributed by atoms with Crippen LogP contribution in [0, 0.1) is 5.92 Å². The summed E-state index contributed by atoms with van der Waals surface area (Å²) in [6, 6.07) is 1.59. The first-order valence-electron chi connectivity index (χ1n) is 10.8. The zero-order valence-electron chi connectivity index (χ0n) is 19.1. The summed E-state index contributed by atoms with van der Waals surface area (Å²) in [5.41, 5.74) is 0.571. The molecule has 3 rings (SSSR count). The Hall–Kier alpha value is -0.920. The first kappa shape index (κ1) is 26.3. The van der Waals surface area contributed by atoms with E-state index in [1.165, 1.54) is 36.3 Å². The maximum atomic E-state index is 12.7. The zero-order valence-corrected chi connectivity index (χ0v) is 22.2. The molecule has 1 N–H and O–H groups in total. The first-order valence-corrected chi connectivity index (χ1v) is 12.4. The molecule has 1 saturated heterocycles. The van der Waals surface area contributed by atoms with Gasteiger partial charge in [0.2, 0.25) is 10.0 Å². The maximum Gasteiger partial charge on any atom is 0.220 e. The Morgan fingerprint density at radius 2 is 2.06 bits per heavy atom. The van der Waals surface area contributed by atoms with Crippen molar-refractivity contribution in [1.82, 2.24) is 24.6 Å². The second-order valence-corrected chi connectivity index (χ2v) is 10.8. The lowest BCUT2D eigenvalue weighted by Crippen LogP contribution is -2.59. The van der Waals surface area contributed by atoms with Crippen LogP contribution in [0.15, 0.2) is 21.8 Å². The van der Waals surface area contributed by atoms with Crippen molar-refractivity contribution in [3.8, 4) is 0 Å². The Bertz CT molecular complexity index is 809. The van der Waals surface area contributed by atoms with Gasteiger partial charge in [-0.05, 0) is 32.9 Å². The summed E-state index contributed by atoms with van der Waals surface area (Å²) in [6.45, 7) is 5.30. The number of guanidine groups is 1. The van der Waals surface area contributed by atoms with Gasteiger partial charge in [-0.1, -0.05) is 24.9 Å². The fourth-order valence-corrected chi connectivity index (χ4v) is 6.13. The molecule has 1 saturated carbocycles. The Labute approximate surface area is 203 Å². The zero-order chi connectivity index (χ0) is 21.8. The highest BCUT2D eigenvalue weighted by Gasteiger charge is 2.37. The standard InChI is InChI=1S/C20H36N6O3S.HI/c1-17-6-5-8-20(14-17,24(3)4)16-22-19(21-2)25-9-11-26(12-10-25)30(27,28)15-18-7-13-29-23-18;/h7,13,17H,5-6,8-12,14-16H2,1-4H3,(H,21,22);1H. The van der Waals surface area contributed by atoms with Crippen molar-refractivity contribution < 1.29 is 12.9 Å². The van der Waals surface area contributed by atoms with Crippen LogP contribution in [0.3, 0.4) is 0 Å². The minimum atomic E-state index is -3.40. The van der Waals surface area contributed by atoms with Gasteiger partial charge in [0.15, 0.2) is 5.96 Å². The smallest absolute Gasteiger partial charge is 0.220 e. The average Bonchev–Trinajstić information content (AvgIpc) is 3.21. The van der Waals surface area contributed by atoms with E-state index in [9.17, 15) is 8.42 Å². The molecular weight excluding hydrogens is 531 g/mol. The van der Waals surface area contributed by atoms with Crippen LogP contribution in [0.25, 0.3) is 0 Å². The van der Waals surface area contributed by atoms with Crippen molar-refractivity contribution in [2.75, 3.05) is 53.9 Å². The molecule has 2 heterocycles. The molecule has 11 heteroatoms. The summed E-state index contributed by atoms with van der Waals surface area (Å²) in [4.78, 5) is 8.99. The van der Waals surface area contributed by atoms with Crippen molar-refractivity contribution in [2.45, 2.75) is 43.9 Å². The summed E-state index contributed by atoms with van der Waals surface area (Å²) in [6.07, 6.45) is 6.31. The van der Waals surface area contributed by atoms with E-state index in [0.717, 1.165) is 18.4 Å². The molecule has 2 unspecified atom stereocenters. The molecule has 1 aliphatic heterocycles. The Kier molecular flexibility index (Phi) is 9.58. The number of aromatic nitrogens is 1. The number of likely N-dealkylation sites (N-methyl/N-ethyl adjacent to an activating group) is 1. The molecule has 31 heavy (non-hydrogen) atoms.